The molecule has 0 aromatic heterocycles. The molecule has 0 unspecified atom stereocenters. The molecule has 0 spiro atoms. The molecule has 3 rings (SSSR count). The van der Waals surface area contributed by atoms with Crippen molar-refractivity contribution in [2.75, 3.05) is 0 Å². The third-order valence-electron chi connectivity index (χ3n) is 8.00. The normalized spacial score (nSPS) is 39.7. The van der Waals surface area contributed by atoms with Crippen LogP contribution in [-0.2, 0) is 0 Å². The fraction of sp³-hybridized carbons (Fsp3) is 0.760. The van der Waals surface area contributed by atoms with Crippen LogP contribution in [0.1, 0.15) is 86.5 Å². The monoisotopic (exact) mass is 340 g/mol. The molecular formula is C25H40. The smallest absolute Gasteiger partial charge is 0.000714 e. The van der Waals surface area contributed by atoms with E-state index in [0.717, 1.165) is 36.0 Å². The summed E-state index contributed by atoms with van der Waals surface area (Å²) >= 11 is 0. The van der Waals surface area contributed by atoms with E-state index in [0.29, 0.717) is 5.41 Å². The van der Waals surface area contributed by atoms with Crippen LogP contribution in [0.3, 0.4) is 0 Å². The van der Waals surface area contributed by atoms with E-state index >= 15 is 0 Å². The third kappa shape index (κ3) is 3.83. The van der Waals surface area contributed by atoms with Crippen LogP contribution in [-0.4, -0.2) is 0 Å². The predicted octanol–water partition coefficient (Wildman–Crippen LogP) is 7.72. The summed E-state index contributed by atoms with van der Waals surface area (Å²) in [6, 6.07) is 0. The molecule has 3 aliphatic carbocycles. The Bertz CT molecular complexity index is 573. The van der Waals surface area contributed by atoms with Crippen molar-refractivity contribution in [3.8, 4) is 0 Å². The van der Waals surface area contributed by atoms with Gasteiger partial charge in [-0.15, -0.1) is 0 Å². The highest BCUT2D eigenvalue weighted by Gasteiger charge is 2.44. The maximum Gasteiger partial charge on any atom is 0.000714 e. The van der Waals surface area contributed by atoms with Gasteiger partial charge in [0.2, 0.25) is 0 Å². The van der Waals surface area contributed by atoms with Crippen molar-refractivity contribution in [1.29, 1.82) is 0 Å². The summed E-state index contributed by atoms with van der Waals surface area (Å²) in [5, 5.41) is 0. The molecule has 25 heavy (non-hydrogen) atoms. The SMILES string of the molecule is CC1=CC[C@@]2(C)CC[C@H](C(C)C)[C@@H]2CC=C(C)[C@@H]2CC[C@H](C)C2=CC1. The van der Waals surface area contributed by atoms with Crippen LogP contribution in [0.2, 0.25) is 0 Å². The minimum Gasteiger partial charge on any atom is -0.0847 e. The van der Waals surface area contributed by atoms with E-state index in [2.05, 4.69) is 59.8 Å². The van der Waals surface area contributed by atoms with Crippen LogP contribution in [0.25, 0.3) is 0 Å². The zero-order valence-electron chi connectivity index (χ0n) is 17.6. The van der Waals surface area contributed by atoms with Crippen LogP contribution >= 0.6 is 0 Å². The minimum atomic E-state index is 0.502. The minimum absolute atomic E-state index is 0.502. The summed E-state index contributed by atoms with van der Waals surface area (Å²) in [4.78, 5) is 0. The van der Waals surface area contributed by atoms with Crippen molar-refractivity contribution in [3.63, 3.8) is 0 Å². The number of hydrogen-bond donors (Lipinski definition) is 0. The molecule has 3 aliphatic rings. The zero-order valence-corrected chi connectivity index (χ0v) is 17.6. The maximum atomic E-state index is 2.65. The Morgan fingerprint density at radius 1 is 1.04 bits per heavy atom. The molecule has 0 nitrogen and oxygen atoms in total. The predicted molar refractivity (Wildman–Crippen MR) is 110 cm³/mol. The van der Waals surface area contributed by atoms with E-state index in [1.807, 2.05) is 0 Å². The van der Waals surface area contributed by atoms with Crippen molar-refractivity contribution < 1.29 is 0 Å². The Kier molecular flexibility index (Phi) is 5.66. The topological polar surface area (TPSA) is 0 Å². The zero-order chi connectivity index (χ0) is 18.2. The Balaban J connectivity index is 1.95. The quantitative estimate of drug-likeness (QED) is 0.428. The maximum absolute atomic E-state index is 2.65. The molecular weight excluding hydrogens is 300 g/mol. The fourth-order valence-electron chi connectivity index (χ4n) is 6.06. The van der Waals surface area contributed by atoms with Crippen LogP contribution in [0, 0.1) is 35.0 Å². The van der Waals surface area contributed by atoms with Crippen LogP contribution in [0.4, 0.5) is 0 Å². The first-order valence-corrected chi connectivity index (χ1v) is 10.8. The summed E-state index contributed by atoms with van der Waals surface area (Å²) in [6.07, 6.45) is 17.2. The van der Waals surface area contributed by atoms with E-state index in [1.165, 1.54) is 38.5 Å². The Morgan fingerprint density at radius 3 is 2.52 bits per heavy atom. The number of rotatable bonds is 1. The summed E-state index contributed by atoms with van der Waals surface area (Å²) in [5.41, 5.74) is 5.48. The van der Waals surface area contributed by atoms with E-state index in [-0.39, 0.29) is 0 Å². The lowest BCUT2D eigenvalue weighted by Crippen LogP contribution is -2.27. The third-order valence-corrected chi connectivity index (χ3v) is 8.00. The molecule has 0 bridgehead atoms. The molecule has 0 amide bonds. The van der Waals surface area contributed by atoms with Gasteiger partial charge in [-0.3, -0.25) is 0 Å². The van der Waals surface area contributed by atoms with Crippen LogP contribution < -0.4 is 0 Å². The highest BCUT2D eigenvalue weighted by molar-refractivity contribution is 5.27. The highest BCUT2D eigenvalue weighted by Crippen LogP contribution is 2.54. The molecule has 5 atom stereocenters. The van der Waals surface area contributed by atoms with Crippen LogP contribution in [0.15, 0.2) is 34.9 Å². The number of allylic oxidation sites excluding steroid dienone is 6. The average Bonchev–Trinajstić information content (AvgIpc) is 3.09. The molecule has 140 valence electrons. The van der Waals surface area contributed by atoms with E-state index < -0.39 is 0 Å². The highest BCUT2D eigenvalue weighted by atomic mass is 14.5. The van der Waals surface area contributed by atoms with Gasteiger partial charge in [-0.05, 0) is 87.9 Å². The lowest BCUT2D eigenvalue weighted by molar-refractivity contribution is 0.170. The van der Waals surface area contributed by atoms with Crippen molar-refractivity contribution in [2.45, 2.75) is 86.5 Å². The largest absolute Gasteiger partial charge is 0.0847 e. The molecule has 0 saturated heterocycles. The van der Waals surface area contributed by atoms with Gasteiger partial charge in [0.15, 0.2) is 0 Å². The second-order valence-corrected chi connectivity index (χ2v) is 10.1. The van der Waals surface area contributed by atoms with Gasteiger partial charge in [-0.1, -0.05) is 62.6 Å². The van der Waals surface area contributed by atoms with Crippen molar-refractivity contribution >= 4 is 0 Å². The summed E-state index contributed by atoms with van der Waals surface area (Å²) in [7, 11) is 0. The van der Waals surface area contributed by atoms with Gasteiger partial charge in [-0.2, -0.15) is 0 Å². The summed E-state index contributed by atoms with van der Waals surface area (Å²) < 4.78 is 0. The molecule has 0 heterocycles. The van der Waals surface area contributed by atoms with Gasteiger partial charge in [-0.25, -0.2) is 0 Å². The first-order valence-electron chi connectivity index (χ1n) is 10.8. The lowest BCUT2D eigenvalue weighted by atomic mass is 9.70. The summed E-state index contributed by atoms with van der Waals surface area (Å²) in [6.45, 7) is 14.7. The Morgan fingerprint density at radius 2 is 1.80 bits per heavy atom. The molecule has 0 radical (unpaired) electrons. The lowest BCUT2D eigenvalue weighted by Gasteiger charge is -2.35. The molecule has 0 aliphatic heterocycles. The standard InChI is InChI=1S/C25H40/c1-17(2)21-14-16-25(6)15-13-18(3)7-10-22-19(4)8-11-23(22)20(5)9-12-24(21)25/h9-10,13,17,19,21,23-24H,7-8,11-12,14-16H2,1-6H3/t19-,21+,23-,24-,25-/m0/s1. The summed E-state index contributed by atoms with van der Waals surface area (Å²) in [5.74, 6) is 4.09. The molecule has 0 N–H and O–H groups in total. The molecule has 2 saturated carbocycles. The average molecular weight is 341 g/mol. The van der Waals surface area contributed by atoms with Crippen LogP contribution in [0.5, 0.6) is 0 Å². The van der Waals surface area contributed by atoms with Gasteiger partial charge in [0.05, 0.1) is 0 Å². The van der Waals surface area contributed by atoms with E-state index in [1.54, 1.807) is 16.7 Å². The second kappa shape index (κ2) is 7.45. The van der Waals surface area contributed by atoms with Gasteiger partial charge < -0.3 is 0 Å². The second-order valence-electron chi connectivity index (χ2n) is 10.1. The van der Waals surface area contributed by atoms with Crippen molar-refractivity contribution in [1.82, 2.24) is 0 Å². The Labute approximate surface area is 156 Å². The first-order chi connectivity index (χ1) is 11.8. The first kappa shape index (κ1) is 19.0. The van der Waals surface area contributed by atoms with Gasteiger partial charge >= 0.3 is 0 Å². The molecule has 0 heteroatoms. The van der Waals surface area contributed by atoms with Gasteiger partial charge in [0, 0.05) is 5.92 Å². The van der Waals surface area contributed by atoms with E-state index in [4.69, 9.17) is 0 Å². The van der Waals surface area contributed by atoms with Gasteiger partial charge in [0.25, 0.3) is 0 Å². The number of fused-ring (bicyclic) bond motifs is 2. The van der Waals surface area contributed by atoms with Crippen molar-refractivity contribution in [2.24, 2.45) is 35.0 Å². The molecule has 2 fully saturated rings. The molecule has 0 aromatic rings. The molecule has 0 aromatic carbocycles. The van der Waals surface area contributed by atoms with E-state index in [9.17, 15) is 0 Å². The van der Waals surface area contributed by atoms with Gasteiger partial charge in [0.1, 0.15) is 0 Å². The number of hydrogen-bond acceptors (Lipinski definition) is 0. The Hall–Kier alpha value is -0.780. The fourth-order valence-corrected chi connectivity index (χ4v) is 6.06. The van der Waals surface area contributed by atoms with Crippen molar-refractivity contribution in [3.05, 3.63) is 34.9 Å².